The Labute approximate surface area is 178 Å². The van der Waals surface area contributed by atoms with Gasteiger partial charge in [-0.25, -0.2) is 9.37 Å². The number of anilines is 2. The first-order valence-corrected chi connectivity index (χ1v) is 9.26. The molecule has 0 aliphatic heterocycles. The Morgan fingerprint density at radius 3 is 2.47 bits per heavy atom. The van der Waals surface area contributed by atoms with Gasteiger partial charge in [0.25, 0.3) is 0 Å². The molecule has 0 aliphatic carbocycles. The second-order valence-corrected chi connectivity index (χ2v) is 6.85. The molecule has 3 aromatic heterocycles. The molecule has 7 nitrogen and oxygen atoms in total. The second-order valence-electron chi connectivity index (χ2n) is 6.85. The van der Waals surface area contributed by atoms with Crippen LogP contribution in [0, 0.1) is 5.82 Å². The minimum absolute atomic E-state index is 0.0384. The van der Waals surface area contributed by atoms with Gasteiger partial charge in [-0.3, -0.25) is 4.98 Å². The third-order valence-corrected chi connectivity index (χ3v) is 4.69. The number of aromatic nitrogens is 4. The van der Waals surface area contributed by atoms with Crippen LogP contribution in [0.5, 0.6) is 0 Å². The highest BCUT2D eigenvalue weighted by Crippen LogP contribution is 2.31. The summed E-state index contributed by atoms with van der Waals surface area (Å²) in [7, 11) is 0. The van der Waals surface area contributed by atoms with Crippen LogP contribution >= 0.6 is 0 Å². The number of pyridine rings is 2. The van der Waals surface area contributed by atoms with E-state index in [9.17, 15) is 22.7 Å². The number of hydrogen-bond acceptors (Lipinski definition) is 7. The van der Waals surface area contributed by atoms with Crippen molar-refractivity contribution in [2.24, 2.45) is 0 Å². The van der Waals surface area contributed by atoms with Gasteiger partial charge in [-0.15, -0.1) is 5.10 Å². The van der Waals surface area contributed by atoms with Crippen LogP contribution in [0.25, 0.3) is 22.0 Å². The Hall–Kier alpha value is -3.70. The van der Waals surface area contributed by atoms with Crippen LogP contribution in [0.1, 0.15) is 17.2 Å². The predicted octanol–water partition coefficient (Wildman–Crippen LogP) is 4.01. The Balaban J connectivity index is 1.64. The summed E-state index contributed by atoms with van der Waals surface area (Å²) in [5.41, 5.74) is -0.247. The highest BCUT2D eigenvalue weighted by atomic mass is 19.4. The molecule has 0 saturated heterocycles. The van der Waals surface area contributed by atoms with Crippen LogP contribution in [0.3, 0.4) is 0 Å². The van der Waals surface area contributed by atoms with Crippen LogP contribution in [-0.2, 0) is 6.18 Å². The third-order valence-electron chi connectivity index (χ3n) is 4.69. The number of alkyl halides is 3. The Morgan fingerprint density at radius 2 is 1.81 bits per heavy atom. The largest absolute Gasteiger partial charge is 0.417 e. The standard InChI is InChI=1S/C21H15F4N5O2/c22-16-6-13(17(32)10-31)7-27-19(16)11-1-3-15-12(5-11)8-28-30-20(15)29-18-4-2-14(9-26-18)21(23,24)25/h1-9,17,31-32H,10H2,(H,26,29,30)/t17-/m0/s1. The fourth-order valence-corrected chi connectivity index (χ4v) is 3.04. The summed E-state index contributed by atoms with van der Waals surface area (Å²) in [6, 6.07) is 8.05. The highest BCUT2D eigenvalue weighted by molar-refractivity contribution is 5.94. The molecule has 32 heavy (non-hydrogen) atoms. The molecule has 0 radical (unpaired) electrons. The molecule has 0 saturated carbocycles. The lowest BCUT2D eigenvalue weighted by molar-refractivity contribution is -0.137. The van der Waals surface area contributed by atoms with Crippen LogP contribution in [0.2, 0.25) is 0 Å². The van der Waals surface area contributed by atoms with Gasteiger partial charge < -0.3 is 15.5 Å². The zero-order valence-electron chi connectivity index (χ0n) is 16.2. The third kappa shape index (κ3) is 4.34. The molecule has 3 N–H and O–H groups in total. The van der Waals surface area contributed by atoms with Crippen molar-refractivity contribution in [1.82, 2.24) is 20.2 Å². The van der Waals surface area contributed by atoms with Gasteiger partial charge in [0.1, 0.15) is 23.4 Å². The number of benzene rings is 1. The molecular weight excluding hydrogens is 430 g/mol. The molecule has 4 aromatic rings. The van der Waals surface area contributed by atoms with Gasteiger partial charge in [-0.05, 0) is 30.3 Å². The van der Waals surface area contributed by atoms with E-state index in [1.807, 2.05) is 0 Å². The Morgan fingerprint density at radius 1 is 1.00 bits per heavy atom. The van der Waals surface area contributed by atoms with Crippen molar-refractivity contribution in [1.29, 1.82) is 0 Å². The van der Waals surface area contributed by atoms with Gasteiger partial charge >= 0.3 is 6.18 Å². The van der Waals surface area contributed by atoms with Crippen molar-refractivity contribution in [3.8, 4) is 11.3 Å². The SMILES string of the molecule is OC[C@H](O)c1cnc(-c2ccc3c(Nc4ccc(C(F)(F)F)cn4)nncc3c2)c(F)c1. The Bertz CT molecular complexity index is 1270. The summed E-state index contributed by atoms with van der Waals surface area (Å²) >= 11 is 0. The molecule has 0 spiro atoms. The fourth-order valence-electron chi connectivity index (χ4n) is 3.04. The van der Waals surface area contributed by atoms with Crippen LogP contribution < -0.4 is 5.32 Å². The molecule has 1 aromatic carbocycles. The summed E-state index contributed by atoms with van der Waals surface area (Å²) in [6.07, 6.45) is -2.28. The summed E-state index contributed by atoms with van der Waals surface area (Å²) < 4.78 is 52.6. The van der Waals surface area contributed by atoms with Gasteiger partial charge in [0.15, 0.2) is 5.82 Å². The number of fused-ring (bicyclic) bond motifs is 1. The molecule has 11 heteroatoms. The minimum atomic E-state index is -4.49. The average molecular weight is 445 g/mol. The number of nitrogens with one attached hydrogen (secondary N) is 1. The van der Waals surface area contributed by atoms with E-state index in [4.69, 9.17) is 5.11 Å². The molecule has 164 valence electrons. The maximum absolute atomic E-state index is 14.5. The molecule has 0 aliphatic rings. The normalized spacial score (nSPS) is 12.7. The zero-order valence-corrected chi connectivity index (χ0v) is 16.2. The molecule has 0 fully saturated rings. The van der Waals surface area contributed by atoms with Crippen LogP contribution in [0.4, 0.5) is 29.2 Å². The molecule has 0 unspecified atom stereocenters. The van der Waals surface area contributed by atoms with Gasteiger partial charge in [0.05, 0.1) is 18.4 Å². The first kappa shape index (κ1) is 21.5. The van der Waals surface area contributed by atoms with Gasteiger partial charge in [-0.2, -0.15) is 18.3 Å². The van der Waals surface area contributed by atoms with E-state index in [1.54, 1.807) is 18.2 Å². The number of halogens is 4. The lowest BCUT2D eigenvalue weighted by Gasteiger charge is -2.11. The molecular formula is C21H15F4N5O2. The number of hydrogen-bond donors (Lipinski definition) is 3. The van der Waals surface area contributed by atoms with E-state index in [-0.39, 0.29) is 22.9 Å². The minimum Gasteiger partial charge on any atom is -0.393 e. The molecule has 3 heterocycles. The summed E-state index contributed by atoms with van der Waals surface area (Å²) in [5, 5.41) is 30.4. The first-order valence-electron chi connectivity index (χ1n) is 9.26. The van der Waals surface area contributed by atoms with Crippen molar-refractivity contribution in [2.75, 3.05) is 11.9 Å². The quantitative estimate of drug-likeness (QED) is 0.399. The van der Waals surface area contributed by atoms with E-state index >= 15 is 0 Å². The highest BCUT2D eigenvalue weighted by Gasteiger charge is 2.30. The van der Waals surface area contributed by atoms with Crippen molar-refractivity contribution < 1.29 is 27.8 Å². The summed E-state index contributed by atoms with van der Waals surface area (Å²) in [4.78, 5) is 7.80. The van der Waals surface area contributed by atoms with Crippen LogP contribution in [0.15, 0.2) is 55.0 Å². The monoisotopic (exact) mass is 445 g/mol. The van der Waals surface area contributed by atoms with Crippen molar-refractivity contribution in [2.45, 2.75) is 12.3 Å². The van der Waals surface area contributed by atoms with E-state index in [0.717, 1.165) is 12.1 Å². The average Bonchev–Trinajstić information content (AvgIpc) is 2.78. The van der Waals surface area contributed by atoms with Crippen molar-refractivity contribution in [3.63, 3.8) is 0 Å². The van der Waals surface area contributed by atoms with E-state index in [2.05, 4.69) is 25.5 Å². The summed E-state index contributed by atoms with van der Waals surface area (Å²) in [5.74, 6) is -0.269. The maximum atomic E-state index is 14.5. The molecule has 0 bridgehead atoms. The lowest BCUT2D eigenvalue weighted by atomic mass is 10.0. The Kier molecular flexibility index (Phi) is 5.68. The smallest absolute Gasteiger partial charge is 0.393 e. The second kappa shape index (κ2) is 8.44. The topological polar surface area (TPSA) is 104 Å². The predicted molar refractivity (Wildman–Crippen MR) is 107 cm³/mol. The van der Waals surface area contributed by atoms with Gasteiger partial charge in [-0.1, -0.05) is 6.07 Å². The molecule has 1 atom stereocenters. The zero-order chi connectivity index (χ0) is 22.9. The van der Waals surface area contributed by atoms with Gasteiger partial charge in [0.2, 0.25) is 0 Å². The molecule has 4 rings (SSSR count). The molecule has 0 amide bonds. The van der Waals surface area contributed by atoms with E-state index < -0.39 is 30.3 Å². The van der Waals surface area contributed by atoms with E-state index in [0.29, 0.717) is 22.5 Å². The van der Waals surface area contributed by atoms with Crippen molar-refractivity contribution in [3.05, 3.63) is 71.9 Å². The summed E-state index contributed by atoms with van der Waals surface area (Å²) in [6.45, 7) is -0.557. The number of aliphatic hydroxyl groups is 2. The maximum Gasteiger partial charge on any atom is 0.417 e. The lowest BCUT2D eigenvalue weighted by Crippen LogP contribution is -2.06. The number of nitrogens with zero attached hydrogens (tertiary/aromatic N) is 4. The fraction of sp³-hybridized carbons (Fsp3) is 0.143. The van der Waals surface area contributed by atoms with Crippen molar-refractivity contribution >= 4 is 22.4 Å². The van der Waals surface area contributed by atoms with Crippen LogP contribution in [-0.4, -0.2) is 37.0 Å². The van der Waals surface area contributed by atoms with Gasteiger partial charge in [0, 0.05) is 34.3 Å². The first-order chi connectivity index (χ1) is 15.3. The number of aliphatic hydroxyl groups excluding tert-OH is 2. The number of rotatable bonds is 5. The van der Waals surface area contributed by atoms with E-state index in [1.165, 1.54) is 18.5 Å².